The third-order valence-corrected chi connectivity index (χ3v) is 6.42. The lowest BCUT2D eigenvalue weighted by Crippen LogP contribution is -2.31. The Morgan fingerprint density at radius 3 is 2.54 bits per heavy atom. The van der Waals surface area contributed by atoms with Crippen LogP contribution in [0.1, 0.15) is 34.3 Å². The molecule has 35 heavy (non-hydrogen) atoms. The molecule has 8 heteroatoms. The highest BCUT2D eigenvalue weighted by Gasteiger charge is 2.33. The summed E-state index contributed by atoms with van der Waals surface area (Å²) in [5, 5.41) is 6.03. The summed E-state index contributed by atoms with van der Waals surface area (Å²) in [4.78, 5) is 40.0. The van der Waals surface area contributed by atoms with Crippen LogP contribution in [0.2, 0.25) is 5.02 Å². The summed E-state index contributed by atoms with van der Waals surface area (Å²) in [6, 6.07) is 19.8. The van der Waals surface area contributed by atoms with E-state index in [-0.39, 0.29) is 28.8 Å². The number of carbonyl (C=O) groups excluding carboxylic acids is 3. The van der Waals surface area contributed by atoms with Crippen LogP contribution in [0.15, 0.2) is 72.4 Å². The van der Waals surface area contributed by atoms with E-state index in [9.17, 15) is 14.4 Å². The fraction of sp³-hybridized carbons (Fsp3) is 0.148. The second kappa shape index (κ2) is 9.27. The monoisotopic (exact) mass is 487 g/mol. The predicted molar refractivity (Wildman–Crippen MR) is 134 cm³/mol. The van der Waals surface area contributed by atoms with E-state index >= 15 is 0 Å². The number of ether oxygens (including phenoxy) is 1. The Morgan fingerprint density at radius 1 is 1.00 bits per heavy atom. The molecule has 0 bridgehead atoms. The van der Waals surface area contributed by atoms with Crippen LogP contribution in [0.25, 0.3) is 5.70 Å². The second-order valence-electron chi connectivity index (χ2n) is 8.25. The lowest BCUT2D eigenvalue weighted by atomic mass is 9.91. The zero-order valence-electron chi connectivity index (χ0n) is 18.9. The van der Waals surface area contributed by atoms with Gasteiger partial charge in [-0.05, 0) is 54.8 Å². The van der Waals surface area contributed by atoms with Gasteiger partial charge in [0, 0.05) is 16.9 Å². The van der Waals surface area contributed by atoms with Crippen molar-refractivity contribution in [2.24, 2.45) is 0 Å². The molecule has 3 amide bonds. The Balaban J connectivity index is 1.46. The van der Waals surface area contributed by atoms with Crippen molar-refractivity contribution < 1.29 is 19.1 Å². The quantitative estimate of drug-likeness (QED) is 0.519. The van der Waals surface area contributed by atoms with Crippen molar-refractivity contribution in [3.8, 4) is 5.75 Å². The number of nitrogens with zero attached hydrogens (tertiary/aromatic N) is 1. The number of amides is 3. The molecule has 0 fully saturated rings. The van der Waals surface area contributed by atoms with E-state index in [1.807, 2.05) is 24.3 Å². The van der Waals surface area contributed by atoms with Crippen LogP contribution >= 0.6 is 11.6 Å². The molecule has 0 saturated heterocycles. The lowest BCUT2D eigenvalue weighted by Gasteiger charge is -2.29. The number of nitrogens with one attached hydrogen (secondary N) is 2. The molecular formula is C27H22ClN3O4. The fourth-order valence-electron chi connectivity index (χ4n) is 4.51. The number of fused-ring (bicyclic) bond motifs is 2. The normalized spacial score (nSPS) is 15.1. The molecule has 7 nitrogen and oxygen atoms in total. The number of hydrogen-bond donors (Lipinski definition) is 2. The third-order valence-electron chi connectivity index (χ3n) is 6.11. The standard InChI is InChI=1S/C27H22ClN3O4/c1-35-22-8-4-7-20(28)25(22)27(34)29-17-10-12-18(13-11-17)31-21-14-9-16-5-2-3-6-19(16)26(21)30-23(32)15-24(31)33/h2-8,10-13H,9,14-15H2,1H3,(H,29,34)(H,30,32). The molecule has 0 spiro atoms. The zero-order valence-corrected chi connectivity index (χ0v) is 19.7. The first-order valence-corrected chi connectivity index (χ1v) is 11.5. The van der Waals surface area contributed by atoms with Crippen molar-refractivity contribution in [2.75, 3.05) is 17.3 Å². The Kier molecular flexibility index (Phi) is 6.01. The minimum Gasteiger partial charge on any atom is -0.496 e. The van der Waals surface area contributed by atoms with Crippen LogP contribution in [-0.4, -0.2) is 24.8 Å². The number of rotatable bonds is 4. The van der Waals surface area contributed by atoms with Crippen molar-refractivity contribution in [3.05, 3.63) is 94.1 Å². The van der Waals surface area contributed by atoms with Crippen molar-refractivity contribution in [3.63, 3.8) is 0 Å². The minimum absolute atomic E-state index is 0.240. The van der Waals surface area contributed by atoms with E-state index < -0.39 is 5.91 Å². The van der Waals surface area contributed by atoms with Crippen molar-refractivity contribution >= 4 is 46.4 Å². The Hall–Kier alpha value is -4.10. The maximum Gasteiger partial charge on any atom is 0.260 e. The van der Waals surface area contributed by atoms with Gasteiger partial charge in [0.25, 0.3) is 5.91 Å². The Bertz CT molecular complexity index is 1380. The molecule has 0 atom stereocenters. The maximum absolute atomic E-state index is 13.1. The number of hydrogen-bond acceptors (Lipinski definition) is 4. The predicted octanol–water partition coefficient (Wildman–Crippen LogP) is 4.77. The van der Waals surface area contributed by atoms with E-state index in [1.165, 1.54) is 7.11 Å². The molecule has 176 valence electrons. The highest BCUT2D eigenvalue weighted by molar-refractivity contribution is 6.35. The number of allylic oxidation sites excluding steroid dienone is 1. The molecule has 3 aromatic rings. The summed E-state index contributed by atoms with van der Waals surface area (Å²) < 4.78 is 5.26. The Labute approximate surface area is 207 Å². The first kappa shape index (κ1) is 22.7. The van der Waals surface area contributed by atoms with Crippen LogP contribution < -0.4 is 20.3 Å². The number of halogens is 1. The van der Waals surface area contributed by atoms with Gasteiger partial charge < -0.3 is 15.4 Å². The van der Waals surface area contributed by atoms with Crippen LogP contribution in [-0.2, 0) is 16.0 Å². The van der Waals surface area contributed by atoms with Gasteiger partial charge in [0.1, 0.15) is 17.7 Å². The van der Waals surface area contributed by atoms with E-state index in [0.29, 0.717) is 29.2 Å². The first-order valence-electron chi connectivity index (χ1n) is 11.1. The fourth-order valence-corrected chi connectivity index (χ4v) is 4.76. The van der Waals surface area contributed by atoms with Crippen LogP contribution in [0.3, 0.4) is 0 Å². The third kappa shape index (κ3) is 4.26. The summed E-state index contributed by atoms with van der Waals surface area (Å²) in [5.41, 5.74) is 4.88. The summed E-state index contributed by atoms with van der Waals surface area (Å²) in [5.74, 6) is -0.672. The van der Waals surface area contributed by atoms with Gasteiger partial charge in [-0.2, -0.15) is 0 Å². The van der Waals surface area contributed by atoms with E-state index in [2.05, 4.69) is 10.6 Å². The van der Waals surface area contributed by atoms with Gasteiger partial charge in [0.15, 0.2) is 0 Å². The number of carbonyl (C=O) groups is 3. The molecule has 2 aliphatic rings. The molecule has 1 heterocycles. The summed E-state index contributed by atoms with van der Waals surface area (Å²) in [6.45, 7) is 0. The number of benzene rings is 3. The molecule has 0 radical (unpaired) electrons. The summed E-state index contributed by atoms with van der Waals surface area (Å²) in [6.07, 6.45) is 1.13. The summed E-state index contributed by atoms with van der Waals surface area (Å²) >= 11 is 6.22. The zero-order chi connectivity index (χ0) is 24.5. The Morgan fingerprint density at radius 2 is 1.77 bits per heavy atom. The lowest BCUT2D eigenvalue weighted by molar-refractivity contribution is -0.126. The van der Waals surface area contributed by atoms with Crippen molar-refractivity contribution in [2.45, 2.75) is 19.3 Å². The average molecular weight is 488 g/mol. The van der Waals surface area contributed by atoms with E-state index in [0.717, 1.165) is 23.2 Å². The van der Waals surface area contributed by atoms with Gasteiger partial charge >= 0.3 is 0 Å². The van der Waals surface area contributed by atoms with Gasteiger partial charge in [-0.3, -0.25) is 19.3 Å². The molecule has 0 aromatic heterocycles. The van der Waals surface area contributed by atoms with Crippen LogP contribution in [0.4, 0.5) is 11.4 Å². The first-order chi connectivity index (χ1) is 17.0. The largest absolute Gasteiger partial charge is 0.496 e. The van der Waals surface area contributed by atoms with E-state index in [1.54, 1.807) is 47.4 Å². The second-order valence-corrected chi connectivity index (χ2v) is 8.66. The molecular weight excluding hydrogens is 466 g/mol. The molecule has 3 aromatic carbocycles. The SMILES string of the molecule is COc1cccc(Cl)c1C(=O)Nc1ccc(N2C(=O)CC(=O)NC3=C2CCc2ccccc23)cc1. The molecule has 0 unspecified atom stereocenters. The topological polar surface area (TPSA) is 87.7 Å². The molecule has 1 aliphatic carbocycles. The molecule has 2 N–H and O–H groups in total. The van der Waals surface area contributed by atoms with Gasteiger partial charge in [0.05, 0.1) is 23.5 Å². The van der Waals surface area contributed by atoms with E-state index in [4.69, 9.17) is 16.3 Å². The number of methoxy groups -OCH3 is 1. The van der Waals surface area contributed by atoms with Gasteiger partial charge in [-0.25, -0.2) is 0 Å². The van der Waals surface area contributed by atoms with Crippen molar-refractivity contribution in [1.82, 2.24) is 5.32 Å². The maximum atomic E-state index is 13.1. The van der Waals surface area contributed by atoms with Gasteiger partial charge in [-0.1, -0.05) is 41.9 Å². The molecule has 1 aliphatic heterocycles. The van der Waals surface area contributed by atoms with Crippen LogP contribution in [0, 0.1) is 0 Å². The molecule has 5 rings (SSSR count). The van der Waals surface area contributed by atoms with Gasteiger partial charge in [-0.15, -0.1) is 0 Å². The number of aryl methyl sites for hydroxylation is 1. The minimum atomic E-state index is -0.408. The average Bonchev–Trinajstić information content (AvgIpc) is 2.98. The smallest absolute Gasteiger partial charge is 0.260 e. The van der Waals surface area contributed by atoms with Crippen LogP contribution in [0.5, 0.6) is 5.75 Å². The molecule has 0 saturated carbocycles. The highest BCUT2D eigenvalue weighted by Crippen LogP contribution is 2.36. The summed E-state index contributed by atoms with van der Waals surface area (Å²) in [7, 11) is 1.47. The van der Waals surface area contributed by atoms with Gasteiger partial charge in [0.2, 0.25) is 11.8 Å². The van der Waals surface area contributed by atoms with Crippen molar-refractivity contribution in [1.29, 1.82) is 0 Å². The highest BCUT2D eigenvalue weighted by atomic mass is 35.5. The number of anilines is 2.